The number of amides is 1. The highest BCUT2D eigenvalue weighted by Crippen LogP contribution is 2.53. The molecule has 0 heterocycles. The van der Waals surface area contributed by atoms with E-state index >= 15 is 0 Å². The summed E-state index contributed by atoms with van der Waals surface area (Å²) in [4.78, 5) is 39.1. The molecule has 4 bridgehead atoms. The fraction of sp³-hybridized carbons (Fsp3) is 0.774. The van der Waals surface area contributed by atoms with Gasteiger partial charge in [-0.1, -0.05) is 24.3 Å². The molecule has 236 valence electrons. The van der Waals surface area contributed by atoms with E-state index in [4.69, 9.17) is 27.5 Å². The van der Waals surface area contributed by atoms with Crippen molar-refractivity contribution in [1.82, 2.24) is 5.32 Å². The lowest BCUT2D eigenvalue weighted by Crippen LogP contribution is -2.46. The van der Waals surface area contributed by atoms with Gasteiger partial charge in [0.2, 0.25) is 0 Å². The van der Waals surface area contributed by atoms with Crippen molar-refractivity contribution in [3.63, 3.8) is 0 Å². The summed E-state index contributed by atoms with van der Waals surface area (Å²) in [6.07, 6.45) is 10.9. The Morgan fingerprint density at radius 2 is 1.29 bits per heavy atom. The number of ether oxygens (including phenoxy) is 3. The van der Waals surface area contributed by atoms with Crippen molar-refractivity contribution in [2.75, 3.05) is 39.6 Å². The molecule has 4 aliphatic carbocycles. The van der Waals surface area contributed by atoms with E-state index < -0.39 is 31.8 Å². The van der Waals surface area contributed by atoms with Crippen molar-refractivity contribution in [3.8, 4) is 0 Å². The summed E-state index contributed by atoms with van der Waals surface area (Å²) in [5.74, 6) is 0.489. The molecule has 4 rings (SSSR count). The second-order valence-corrected chi connectivity index (χ2v) is 15.2. The van der Waals surface area contributed by atoms with Crippen LogP contribution in [0.2, 0.25) is 6.04 Å². The highest BCUT2D eigenvalue weighted by molar-refractivity contribution is 6.60. The lowest BCUT2D eigenvalue weighted by Gasteiger charge is -2.31. The molecule has 6 atom stereocenters. The molecule has 0 saturated heterocycles. The molecule has 2 fully saturated rings. The van der Waals surface area contributed by atoms with Gasteiger partial charge in [0.15, 0.2) is 6.10 Å². The summed E-state index contributed by atoms with van der Waals surface area (Å²) < 4.78 is 34.7. The second-order valence-electron chi connectivity index (χ2n) is 12.5. The van der Waals surface area contributed by atoms with E-state index in [9.17, 15) is 14.4 Å². The van der Waals surface area contributed by atoms with E-state index in [2.05, 4.69) is 29.6 Å². The second kappa shape index (κ2) is 14.0. The minimum atomic E-state index is -2.82. The zero-order valence-corrected chi connectivity index (χ0v) is 26.9. The Balaban J connectivity index is 1.30. The first-order valence-electron chi connectivity index (χ1n) is 15.6. The number of carbonyl (C=O) groups is 3. The number of allylic oxidation sites excluding steroid dienone is 4. The van der Waals surface area contributed by atoms with Gasteiger partial charge in [-0.25, -0.2) is 4.79 Å². The van der Waals surface area contributed by atoms with Crippen molar-refractivity contribution in [3.05, 3.63) is 24.3 Å². The molecule has 4 aliphatic rings. The Labute approximate surface area is 251 Å². The average molecular weight is 608 g/mol. The van der Waals surface area contributed by atoms with Crippen LogP contribution >= 0.6 is 0 Å². The van der Waals surface area contributed by atoms with Gasteiger partial charge >= 0.3 is 26.8 Å². The molecule has 0 aromatic heterocycles. The van der Waals surface area contributed by atoms with Gasteiger partial charge in [0.25, 0.3) is 0 Å². The van der Waals surface area contributed by atoms with Crippen LogP contribution < -0.4 is 5.32 Å². The Morgan fingerprint density at radius 1 is 0.810 bits per heavy atom. The largest absolute Gasteiger partial charge is 0.500 e. The van der Waals surface area contributed by atoms with Crippen LogP contribution in [0.5, 0.6) is 0 Å². The van der Waals surface area contributed by atoms with Crippen LogP contribution in [0, 0.1) is 34.5 Å². The number of nitrogens with one attached hydrogen (secondary N) is 1. The highest BCUT2D eigenvalue weighted by atomic mass is 28.4. The van der Waals surface area contributed by atoms with Gasteiger partial charge in [0.05, 0.1) is 10.8 Å². The zero-order chi connectivity index (χ0) is 30.4. The molecule has 10 nitrogen and oxygen atoms in total. The number of fused-ring (bicyclic) bond motifs is 4. The SMILES string of the molecule is CCO[Si](CCCNC(=O)OC(COC(=O)C1(C)CC2C=CC1C2)COC(=O)C1(C)CC2C=CC1C2)(OCC)OCC. The van der Waals surface area contributed by atoms with Gasteiger partial charge in [0.1, 0.15) is 13.2 Å². The molecule has 1 amide bonds. The lowest BCUT2D eigenvalue weighted by molar-refractivity contribution is -0.165. The molecule has 1 N–H and O–H groups in total. The predicted octanol–water partition coefficient (Wildman–Crippen LogP) is 4.81. The molecule has 0 radical (unpaired) electrons. The Kier molecular flexibility index (Phi) is 10.9. The van der Waals surface area contributed by atoms with Gasteiger partial charge < -0.3 is 32.8 Å². The maximum absolute atomic E-state index is 13.1. The molecule has 0 aromatic carbocycles. The summed E-state index contributed by atoms with van der Waals surface area (Å²) >= 11 is 0. The maximum Gasteiger partial charge on any atom is 0.500 e. The minimum Gasteiger partial charge on any atom is -0.461 e. The summed E-state index contributed by atoms with van der Waals surface area (Å²) in [6, 6.07) is 0.547. The van der Waals surface area contributed by atoms with E-state index in [0.29, 0.717) is 50.7 Å². The molecule has 0 spiro atoms. The van der Waals surface area contributed by atoms with Crippen LogP contribution in [0.4, 0.5) is 4.79 Å². The smallest absolute Gasteiger partial charge is 0.461 e. The van der Waals surface area contributed by atoms with E-state index in [1.165, 1.54) is 0 Å². The van der Waals surface area contributed by atoms with E-state index in [-0.39, 0.29) is 37.0 Å². The van der Waals surface area contributed by atoms with E-state index in [1.807, 2.05) is 34.6 Å². The van der Waals surface area contributed by atoms with Crippen LogP contribution in [-0.4, -0.2) is 72.5 Å². The summed E-state index contributed by atoms with van der Waals surface area (Å²) in [7, 11) is -2.82. The fourth-order valence-corrected chi connectivity index (χ4v) is 9.74. The third-order valence-electron chi connectivity index (χ3n) is 9.38. The number of hydrogen-bond acceptors (Lipinski definition) is 9. The third kappa shape index (κ3) is 7.28. The molecule has 6 unspecified atom stereocenters. The van der Waals surface area contributed by atoms with Crippen molar-refractivity contribution < 1.29 is 41.9 Å². The minimum absolute atomic E-state index is 0.155. The van der Waals surface area contributed by atoms with Gasteiger partial charge in [0, 0.05) is 32.4 Å². The summed E-state index contributed by atoms with van der Waals surface area (Å²) in [5.41, 5.74) is -1.19. The van der Waals surface area contributed by atoms with Crippen molar-refractivity contribution in [1.29, 1.82) is 0 Å². The number of hydrogen-bond donors (Lipinski definition) is 1. The molecule has 2 saturated carbocycles. The average Bonchev–Trinajstić information content (AvgIpc) is 3.75. The Hall–Kier alpha value is -2.21. The normalized spacial score (nSPS) is 31.4. The number of esters is 2. The molecule has 42 heavy (non-hydrogen) atoms. The van der Waals surface area contributed by atoms with Gasteiger partial charge in [-0.05, 0) is 90.4 Å². The van der Waals surface area contributed by atoms with Gasteiger partial charge in [-0.3, -0.25) is 9.59 Å². The predicted molar refractivity (Wildman–Crippen MR) is 157 cm³/mol. The standard InChI is InChI=1S/C31H49NO9Si/c1-6-38-42(39-7-2,40-8-3)15-9-14-32-29(35)41-26(20-36-27(33)30(4)18-22-10-12-24(30)16-22)21-37-28(34)31(5)19-23-11-13-25(31)17-23/h10-13,22-26H,6-9,14-21H2,1-5H3,(H,32,35). The first kappa shape index (κ1) is 32.7. The number of carbonyl (C=O) groups excluding carboxylic acids is 3. The van der Waals surface area contributed by atoms with E-state index in [1.54, 1.807) is 0 Å². The summed E-state index contributed by atoms with van der Waals surface area (Å²) in [5, 5.41) is 2.75. The van der Waals surface area contributed by atoms with Gasteiger partial charge in [-0.15, -0.1) is 0 Å². The summed E-state index contributed by atoms with van der Waals surface area (Å²) in [6.45, 7) is 11.0. The molecule has 0 aliphatic heterocycles. The van der Waals surface area contributed by atoms with Crippen molar-refractivity contribution >= 4 is 26.8 Å². The van der Waals surface area contributed by atoms with Crippen LogP contribution in [0.3, 0.4) is 0 Å². The van der Waals surface area contributed by atoms with Crippen LogP contribution in [0.15, 0.2) is 24.3 Å². The van der Waals surface area contributed by atoms with Crippen LogP contribution in [-0.2, 0) is 37.1 Å². The molecule has 0 aromatic rings. The third-order valence-corrected chi connectivity index (χ3v) is 12.5. The quantitative estimate of drug-likeness (QED) is 0.0817. The Bertz CT molecular complexity index is 961. The fourth-order valence-electron chi connectivity index (χ4n) is 7.13. The van der Waals surface area contributed by atoms with Crippen molar-refractivity contribution in [2.45, 2.75) is 78.9 Å². The highest BCUT2D eigenvalue weighted by Gasteiger charge is 2.52. The molecular formula is C31H49NO9Si. The number of rotatable bonds is 17. The molecular weight excluding hydrogens is 558 g/mol. The van der Waals surface area contributed by atoms with Crippen LogP contribution in [0.1, 0.15) is 66.7 Å². The first-order chi connectivity index (χ1) is 20.1. The topological polar surface area (TPSA) is 119 Å². The Morgan fingerprint density at radius 3 is 1.67 bits per heavy atom. The maximum atomic E-state index is 13.1. The molecule has 11 heteroatoms. The zero-order valence-electron chi connectivity index (χ0n) is 25.9. The van der Waals surface area contributed by atoms with E-state index in [0.717, 1.165) is 25.7 Å². The van der Waals surface area contributed by atoms with Crippen molar-refractivity contribution in [2.24, 2.45) is 34.5 Å². The first-order valence-corrected chi connectivity index (χ1v) is 17.6. The number of alkyl carbamates (subject to hydrolysis) is 1. The lowest BCUT2D eigenvalue weighted by atomic mass is 9.78. The van der Waals surface area contributed by atoms with Gasteiger partial charge in [-0.2, -0.15) is 0 Å². The monoisotopic (exact) mass is 607 g/mol. The van der Waals surface area contributed by atoms with Crippen LogP contribution in [0.25, 0.3) is 0 Å².